The van der Waals surface area contributed by atoms with Crippen LogP contribution in [0.1, 0.15) is 45.6 Å². The number of pyridine rings is 2. The molecule has 2 N–H and O–H groups in total. The van der Waals surface area contributed by atoms with E-state index in [1.165, 1.54) is 6.20 Å². The highest BCUT2D eigenvalue weighted by Crippen LogP contribution is 2.38. The van der Waals surface area contributed by atoms with E-state index in [2.05, 4.69) is 50.4 Å². The van der Waals surface area contributed by atoms with E-state index >= 15 is 0 Å². The summed E-state index contributed by atoms with van der Waals surface area (Å²) in [7, 11) is 0. The molecule has 0 spiro atoms. The van der Waals surface area contributed by atoms with Crippen LogP contribution in [0.2, 0.25) is 0 Å². The Morgan fingerprint density at radius 2 is 1.76 bits per heavy atom. The zero-order valence-electron chi connectivity index (χ0n) is 19.5. The van der Waals surface area contributed by atoms with E-state index in [0.717, 1.165) is 60.9 Å². The van der Waals surface area contributed by atoms with Crippen LogP contribution >= 0.6 is 0 Å². The van der Waals surface area contributed by atoms with Gasteiger partial charge in [0.25, 0.3) is 0 Å². The van der Waals surface area contributed by atoms with Gasteiger partial charge in [0.15, 0.2) is 0 Å². The van der Waals surface area contributed by atoms with E-state index in [-0.39, 0.29) is 6.04 Å². The highest BCUT2D eigenvalue weighted by Gasteiger charge is 2.25. The number of hydrogen-bond acceptors (Lipinski definition) is 7. The number of anilines is 3. The van der Waals surface area contributed by atoms with Crippen LogP contribution in [0.15, 0.2) is 36.8 Å². The summed E-state index contributed by atoms with van der Waals surface area (Å²) in [6.45, 7) is 6.31. The number of halogens is 1. The summed E-state index contributed by atoms with van der Waals surface area (Å²) in [5.74, 6) is 0.675. The van der Waals surface area contributed by atoms with Gasteiger partial charge >= 0.3 is 0 Å². The molecule has 2 fully saturated rings. The molecule has 0 amide bonds. The van der Waals surface area contributed by atoms with Gasteiger partial charge in [0.2, 0.25) is 11.9 Å². The van der Waals surface area contributed by atoms with Crippen LogP contribution in [0.4, 0.5) is 21.8 Å². The summed E-state index contributed by atoms with van der Waals surface area (Å²) in [5.41, 5.74) is 2.37. The standard InChI is InChI=1S/C25H29FN8/c1-15-13-33(14-16(2)30-15)18-7-8-21(28-11-18)31-25-29-12-20-19-9-10-27-23(26)22(19)34(24(20)32-25)17-5-3-4-6-17/h7-12,15-17,30H,3-6,13-14H2,1-2H3,(H,28,29,31,32). The van der Waals surface area contributed by atoms with Crippen LogP contribution in [0.3, 0.4) is 0 Å². The molecule has 4 aromatic heterocycles. The van der Waals surface area contributed by atoms with Crippen LogP contribution in [0.25, 0.3) is 21.9 Å². The fourth-order valence-electron chi connectivity index (χ4n) is 5.60. The predicted octanol–water partition coefficient (Wildman–Crippen LogP) is 4.56. The molecule has 5 heterocycles. The highest BCUT2D eigenvalue weighted by atomic mass is 19.1. The molecule has 1 aliphatic heterocycles. The zero-order valence-corrected chi connectivity index (χ0v) is 19.5. The van der Waals surface area contributed by atoms with Gasteiger partial charge in [-0.05, 0) is 44.9 Å². The van der Waals surface area contributed by atoms with Gasteiger partial charge in [0.1, 0.15) is 17.0 Å². The van der Waals surface area contributed by atoms with Gasteiger partial charge in [0, 0.05) is 54.4 Å². The Morgan fingerprint density at radius 3 is 2.50 bits per heavy atom. The molecule has 0 bridgehead atoms. The normalized spacial score (nSPS) is 21.6. The smallest absolute Gasteiger partial charge is 0.237 e. The average molecular weight is 461 g/mol. The number of fused-ring (bicyclic) bond motifs is 3. The Kier molecular flexibility index (Phi) is 5.28. The Balaban J connectivity index is 1.32. The van der Waals surface area contributed by atoms with Gasteiger partial charge < -0.3 is 20.1 Å². The van der Waals surface area contributed by atoms with Crippen molar-refractivity contribution in [2.75, 3.05) is 23.3 Å². The minimum atomic E-state index is -0.453. The van der Waals surface area contributed by atoms with Crippen molar-refractivity contribution in [2.45, 2.75) is 57.7 Å². The summed E-state index contributed by atoms with van der Waals surface area (Å²) in [6, 6.07) is 6.98. The lowest BCUT2D eigenvalue weighted by Gasteiger charge is -2.37. The first kappa shape index (κ1) is 21.2. The third-order valence-electron chi connectivity index (χ3n) is 7.01. The van der Waals surface area contributed by atoms with Gasteiger partial charge in [-0.3, -0.25) is 0 Å². The second-order valence-electron chi connectivity index (χ2n) is 9.64. The Morgan fingerprint density at radius 1 is 0.971 bits per heavy atom. The molecule has 1 aliphatic carbocycles. The van der Waals surface area contributed by atoms with E-state index < -0.39 is 5.95 Å². The molecular weight excluding hydrogens is 431 g/mol. The third-order valence-corrected chi connectivity index (χ3v) is 7.01. The van der Waals surface area contributed by atoms with Crippen molar-refractivity contribution in [3.05, 3.63) is 42.7 Å². The number of hydrogen-bond donors (Lipinski definition) is 2. The number of nitrogens with one attached hydrogen (secondary N) is 2. The van der Waals surface area contributed by atoms with E-state index in [9.17, 15) is 4.39 Å². The van der Waals surface area contributed by atoms with Crippen molar-refractivity contribution in [2.24, 2.45) is 0 Å². The monoisotopic (exact) mass is 460 g/mol. The molecular formula is C25H29FN8. The lowest BCUT2D eigenvalue weighted by molar-refractivity contribution is 0.407. The van der Waals surface area contributed by atoms with Gasteiger partial charge in [0.05, 0.1) is 11.9 Å². The van der Waals surface area contributed by atoms with Crippen LogP contribution in [0.5, 0.6) is 0 Å². The summed E-state index contributed by atoms with van der Waals surface area (Å²) in [6.07, 6.45) is 9.50. The second kappa shape index (κ2) is 8.47. The third kappa shape index (κ3) is 3.73. The number of piperazine rings is 1. The molecule has 4 aromatic rings. The highest BCUT2D eigenvalue weighted by molar-refractivity contribution is 6.06. The van der Waals surface area contributed by atoms with Crippen LogP contribution in [0, 0.1) is 5.95 Å². The average Bonchev–Trinajstić information content (AvgIpc) is 3.45. The van der Waals surface area contributed by atoms with Crippen molar-refractivity contribution < 1.29 is 4.39 Å². The fraction of sp³-hybridized carbons (Fsp3) is 0.440. The molecule has 176 valence electrons. The van der Waals surface area contributed by atoms with Crippen molar-refractivity contribution >= 4 is 39.4 Å². The second-order valence-corrected chi connectivity index (χ2v) is 9.64. The Bertz CT molecular complexity index is 1320. The number of rotatable bonds is 4. The van der Waals surface area contributed by atoms with Crippen molar-refractivity contribution in [3.8, 4) is 0 Å². The molecule has 0 aromatic carbocycles. The number of nitrogens with zero attached hydrogens (tertiary/aromatic N) is 6. The van der Waals surface area contributed by atoms with E-state index in [4.69, 9.17) is 4.98 Å². The molecule has 1 saturated heterocycles. The lowest BCUT2D eigenvalue weighted by Crippen LogP contribution is -2.54. The van der Waals surface area contributed by atoms with Gasteiger partial charge in [-0.25, -0.2) is 15.0 Å². The Hall–Kier alpha value is -3.33. The predicted molar refractivity (Wildman–Crippen MR) is 132 cm³/mol. The van der Waals surface area contributed by atoms with E-state index in [0.29, 0.717) is 29.4 Å². The summed E-state index contributed by atoms with van der Waals surface area (Å²) >= 11 is 0. The van der Waals surface area contributed by atoms with E-state index in [1.807, 2.05) is 22.9 Å². The van der Waals surface area contributed by atoms with Gasteiger partial charge in [-0.2, -0.15) is 9.37 Å². The molecule has 1 saturated carbocycles. The quantitative estimate of drug-likeness (QED) is 0.432. The molecule has 8 nitrogen and oxygen atoms in total. The summed E-state index contributed by atoms with van der Waals surface area (Å²) in [5, 5.41) is 8.44. The first-order chi connectivity index (χ1) is 16.6. The molecule has 2 atom stereocenters. The van der Waals surface area contributed by atoms with E-state index in [1.54, 1.807) is 6.20 Å². The van der Waals surface area contributed by atoms with Crippen molar-refractivity contribution in [1.29, 1.82) is 0 Å². The molecule has 0 radical (unpaired) electrons. The fourth-order valence-corrected chi connectivity index (χ4v) is 5.60. The summed E-state index contributed by atoms with van der Waals surface area (Å²) in [4.78, 5) is 20.2. The maximum Gasteiger partial charge on any atom is 0.237 e. The van der Waals surface area contributed by atoms with Gasteiger partial charge in [-0.15, -0.1) is 0 Å². The van der Waals surface area contributed by atoms with Crippen LogP contribution < -0.4 is 15.5 Å². The molecule has 34 heavy (non-hydrogen) atoms. The van der Waals surface area contributed by atoms with Crippen LogP contribution in [-0.4, -0.2) is 49.7 Å². The summed E-state index contributed by atoms with van der Waals surface area (Å²) < 4.78 is 16.8. The van der Waals surface area contributed by atoms with Crippen LogP contribution in [-0.2, 0) is 0 Å². The van der Waals surface area contributed by atoms with Crippen molar-refractivity contribution in [1.82, 2.24) is 29.8 Å². The zero-order chi connectivity index (χ0) is 23.2. The number of aromatic nitrogens is 5. The van der Waals surface area contributed by atoms with Crippen molar-refractivity contribution in [3.63, 3.8) is 0 Å². The maximum atomic E-state index is 14.8. The largest absolute Gasteiger partial charge is 0.367 e. The maximum absolute atomic E-state index is 14.8. The SMILES string of the molecule is CC1CN(c2ccc(Nc3ncc4c5ccnc(F)c5n(C5CCCC5)c4n3)nc2)CC(C)N1. The molecule has 2 aliphatic rings. The first-order valence-corrected chi connectivity index (χ1v) is 12.1. The topological polar surface area (TPSA) is 83.8 Å². The molecule has 9 heteroatoms. The minimum Gasteiger partial charge on any atom is -0.367 e. The Labute approximate surface area is 197 Å². The van der Waals surface area contributed by atoms with Gasteiger partial charge in [-0.1, -0.05) is 12.8 Å². The lowest BCUT2D eigenvalue weighted by atomic mass is 10.1. The first-order valence-electron chi connectivity index (χ1n) is 12.1. The minimum absolute atomic E-state index is 0.225. The molecule has 2 unspecified atom stereocenters. The molecule has 6 rings (SSSR count).